The lowest BCUT2D eigenvalue weighted by atomic mass is 10.1. The first-order valence-corrected chi connectivity index (χ1v) is 9.90. The van der Waals surface area contributed by atoms with Gasteiger partial charge in [-0.3, -0.25) is 0 Å². The summed E-state index contributed by atoms with van der Waals surface area (Å²) >= 11 is 0. The maximum absolute atomic E-state index is 9.84. The van der Waals surface area contributed by atoms with Crippen LogP contribution in [0.5, 0.6) is 0 Å². The molecule has 144 valence electrons. The molecule has 1 aliphatic rings. The van der Waals surface area contributed by atoms with Crippen molar-refractivity contribution in [1.29, 1.82) is 0 Å². The van der Waals surface area contributed by atoms with Crippen LogP contribution in [-0.4, -0.2) is 59.6 Å². The molecular weight excluding hydrogens is 308 g/mol. The van der Waals surface area contributed by atoms with Crippen LogP contribution in [0.3, 0.4) is 0 Å². The summed E-state index contributed by atoms with van der Waals surface area (Å²) in [6, 6.07) is 0. The van der Waals surface area contributed by atoms with Crippen LogP contribution in [0, 0.1) is 0 Å². The van der Waals surface area contributed by atoms with Crippen molar-refractivity contribution in [3.8, 4) is 0 Å². The lowest BCUT2D eigenvalue weighted by molar-refractivity contribution is -0.0938. The van der Waals surface area contributed by atoms with E-state index in [-0.39, 0.29) is 13.2 Å². The fourth-order valence-corrected chi connectivity index (χ4v) is 3.24. The summed E-state index contributed by atoms with van der Waals surface area (Å²) in [7, 11) is 0. The second-order valence-electron chi connectivity index (χ2n) is 6.99. The molecule has 5 heteroatoms. The molecule has 0 bridgehead atoms. The van der Waals surface area contributed by atoms with E-state index < -0.39 is 24.4 Å². The fourth-order valence-electron chi connectivity index (χ4n) is 3.24. The molecule has 1 aliphatic heterocycles. The molecule has 0 aromatic heterocycles. The van der Waals surface area contributed by atoms with Gasteiger partial charge in [-0.25, -0.2) is 0 Å². The summed E-state index contributed by atoms with van der Waals surface area (Å²) in [5, 5.41) is 28.5. The zero-order valence-electron chi connectivity index (χ0n) is 15.4. The molecule has 4 atom stereocenters. The minimum absolute atomic E-state index is 0.157. The SMILES string of the molecule is CCCCCCCCCCCCCO[C@@H]1[C@H]([C@@H](O)CO)OC[C@H]1O. The van der Waals surface area contributed by atoms with Crippen molar-refractivity contribution in [1.82, 2.24) is 0 Å². The number of hydrogen-bond acceptors (Lipinski definition) is 5. The van der Waals surface area contributed by atoms with E-state index >= 15 is 0 Å². The van der Waals surface area contributed by atoms with Crippen LogP contribution in [-0.2, 0) is 9.47 Å². The molecule has 0 aliphatic carbocycles. The standard InChI is InChI=1S/C19H38O5/c1-2-3-4-5-6-7-8-9-10-11-12-13-23-19-17(22)15-24-18(19)16(21)14-20/h16-22H,2-15H2,1H3/t16-,17+,18-,19-/m0/s1. The van der Waals surface area contributed by atoms with E-state index in [2.05, 4.69) is 6.92 Å². The topological polar surface area (TPSA) is 79.2 Å². The first-order valence-electron chi connectivity index (χ1n) is 9.90. The van der Waals surface area contributed by atoms with Crippen molar-refractivity contribution < 1.29 is 24.8 Å². The minimum Gasteiger partial charge on any atom is -0.394 e. The third-order valence-corrected chi connectivity index (χ3v) is 4.79. The molecule has 0 radical (unpaired) electrons. The van der Waals surface area contributed by atoms with Gasteiger partial charge in [-0.15, -0.1) is 0 Å². The Morgan fingerprint density at radius 2 is 1.50 bits per heavy atom. The van der Waals surface area contributed by atoms with Gasteiger partial charge < -0.3 is 24.8 Å². The van der Waals surface area contributed by atoms with Gasteiger partial charge >= 0.3 is 0 Å². The van der Waals surface area contributed by atoms with E-state index in [0.717, 1.165) is 12.8 Å². The highest BCUT2D eigenvalue weighted by molar-refractivity contribution is 4.89. The molecular formula is C19H38O5. The lowest BCUT2D eigenvalue weighted by Crippen LogP contribution is -2.42. The molecule has 0 aromatic rings. The molecule has 5 nitrogen and oxygen atoms in total. The molecule has 1 rings (SSSR count). The second kappa shape index (κ2) is 14.0. The highest BCUT2D eigenvalue weighted by Gasteiger charge is 2.40. The summed E-state index contributed by atoms with van der Waals surface area (Å²) in [4.78, 5) is 0. The lowest BCUT2D eigenvalue weighted by Gasteiger charge is -2.23. The van der Waals surface area contributed by atoms with Crippen LogP contribution in [0.4, 0.5) is 0 Å². The summed E-state index contributed by atoms with van der Waals surface area (Å²) < 4.78 is 11.0. The average molecular weight is 347 g/mol. The van der Waals surface area contributed by atoms with E-state index in [4.69, 9.17) is 14.6 Å². The van der Waals surface area contributed by atoms with Gasteiger partial charge in [-0.2, -0.15) is 0 Å². The van der Waals surface area contributed by atoms with E-state index in [0.29, 0.717) is 6.61 Å². The molecule has 3 N–H and O–H groups in total. The predicted octanol–water partition coefficient (Wildman–Crippen LogP) is 2.80. The number of rotatable bonds is 15. The Morgan fingerprint density at radius 3 is 2.04 bits per heavy atom. The number of aliphatic hydroxyl groups is 3. The van der Waals surface area contributed by atoms with Gasteiger partial charge in [0.15, 0.2) is 0 Å². The van der Waals surface area contributed by atoms with Gasteiger partial charge in [-0.1, -0.05) is 71.1 Å². The monoisotopic (exact) mass is 346 g/mol. The minimum atomic E-state index is -0.996. The molecule has 1 fully saturated rings. The van der Waals surface area contributed by atoms with Gasteiger partial charge in [0.1, 0.15) is 24.4 Å². The summed E-state index contributed by atoms with van der Waals surface area (Å²) in [6.45, 7) is 2.59. The third-order valence-electron chi connectivity index (χ3n) is 4.79. The Labute approximate surface area is 147 Å². The average Bonchev–Trinajstić information content (AvgIpc) is 2.96. The van der Waals surface area contributed by atoms with Gasteiger partial charge in [0.2, 0.25) is 0 Å². The molecule has 0 saturated carbocycles. The molecule has 1 heterocycles. The van der Waals surface area contributed by atoms with Crippen molar-refractivity contribution in [2.75, 3.05) is 19.8 Å². The number of hydrogen-bond donors (Lipinski definition) is 3. The molecule has 24 heavy (non-hydrogen) atoms. The molecule has 0 unspecified atom stereocenters. The van der Waals surface area contributed by atoms with E-state index in [1.807, 2.05) is 0 Å². The normalized spacial score (nSPS) is 25.2. The molecule has 1 saturated heterocycles. The quantitative estimate of drug-likeness (QED) is 0.397. The van der Waals surface area contributed by atoms with E-state index in [1.54, 1.807) is 0 Å². The second-order valence-corrected chi connectivity index (χ2v) is 6.99. The highest BCUT2D eigenvalue weighted by Crippen LogP contribution is 2.21. The van der Waals surface area contributed by atoms with Crippen LogP contribution < -0.4 is 0 Å². The Kier molecular flexibility index (Phi) is 12.8. The first kappa shape index (κ1) is 21.8. The Hall–Kier alpha value is -0.200. The number of aliphatic hydroxyl groups excluding tert-OH is 3. The van der Waals surface area contributed by atoms with Crippen LogP contribution in [0.1, 0.15) is 77.6 Å². The van der Waals surface area contributed by atoms with Gasteiger partial charge in [0.05, 0.1) is 13.2 Å². The molecule has 0 amide bonds. The highest BCUT2D eigenvalue weighted by atomic mass is 16.6. The number of ether oxygens (including phenoxy) is 2. The van der Waals surface area contributed by atoms with Crippen molar-refractivity contribution >= 4 is 0 Å². The van der Waals surface area contributed by atoms with Crippen LogP contribution in [0.25, 0.3) is 0 Å². The van der Waals surface area contributed by atoms with Gasteiger partial charge in [-0.05, 0) is 6.42 Å². The van der Waals surface area contributed by atoms with Crippen molar-refractivity contribution in [3.63, 3.8) is 0 Å². The van der Waals surface area contributed by atoms with Gasteiger partial charge in [0.25, 0.3) is 0 Å². The van der Waals surface area contributed by atoms with Crippen molar-refractivity contribution in [3.05, 3.63) is 0 Å². The Bertz CT molecular complexity index is 287. The van der Waals surface area contributed by atoms with Gasteiger partial charge in [0, 0.05) is 6.61 Å². The summed E-state index contributed by atoms with van der Waals surface area (Å²) in [5.41, 5.74) is 0. The maximum Gasteiger partial charge on any atom is 0.114 e. The molecule has 0 aromatic carbocycles. The maximum atomic E-state index is 9.84. The summed E-state index contributed by atoms with van der Waals surface area (Å²) in [5.74, 6) is 0. The third kappa shape index (κ3) is 8.77. The fraction of sp³-hybridized carbons (Fsp3) is 1.00. The van der Waals surface area contributed by atoms with Crippen LogP contribution >= 0.6 is 0 Å². The summed E-state index contributed by atoms with van der Waals surface area (Å²) in [6.07, 6.45) is 11.2. The van der Waals surface area contributed by atoms with Crippen LogP contribution in [0.15, 0.2) is 0 Å². The predicted molar refractivity (Wildman–Crippen MR) is 95.0 cm³/mol. The zero-order valence-corrected chi connectivity index (χ0v) is 15.4. The number of unbranched alkanes of at least 4 members (excludes halogenated alkanes) is 10. The molecule has 0 spiro atoms. The first-order chi connectivity index (χ1) is 11.7. The Morgan fingerprint density at radius 1 is 0.958 bits per heavy atom. The zero-order chi connectivity index (χ0) is 17.6. The van der Waals surface area contributed by atoms with E-state index in [1.165, 1.54) is 57.8 Å². The smallest absolute Gasteiger partial charge is 0.114 e. The van der Waals surface area contributed by atoms with Crippen molar-refractivity contribution in [2.24, 2.45) is 0 Å². The Balaban J connectivity index is 1.94. The van der Waals surface area contributed by atoms with E-state index in [9.17, 15) is 10.2 Å². The van der Waals surface area contributed by atoms with Crippen LogP contribution in [0.2, 0.25) is 0 Å². The largest absolute Gasteiger partial charge is 0.394 e. The van der Waals surface area contributed by atoms with Crippen molar-refractivity contribution in [2.45, 2.75) is 102 Å².